The number of nitrogens with zero attached hydrogens (tertiary/aromatic N) is 1. The van der Waals surface area contributed by atoms with Crippen LogP contribution in [0.15, 0.2) is 76.1 Å². The Labute approximate surface area is 168 Å². The van der Waals surface area contributed by atoms with Crippen molar-refractivity contribution in [2.45, 2.75) is 26.9 Å². The van der Waals surface area contributed by atoms with Crippen molar-refractivity contribution < 1.29 is 9.21 Å². The van der Waals surface area contributed by atoms with Gasteiger partial charge in [-0.15, -0.1) is 0 Å². The maximum absolute atomic E-state index is 13.0. The third-order valence-electron chi connectivity index (χ3n) is 4.95. The number of aromatic nitrogens is 1. The first kappa shape index (κ1) is 18.7. The first-order valence-electron chi connectivity index (χ1n) is 9.50. The summed E-state index contributed by atoms with van der Waals surface area (Å²) in [7, 11) is 0. The highest BCUT2D eigenvalue weighted by Crippen LogP contribution is 2.17. The molecule has 1 N–H and O–H groups in total. The van der Waals surface area contributed by atoms with Crippen molar-refractivity contribution in [1.82, 2.24) is 9.88 Å². The number of furan rings is 1. The van der Waals surface area contributed by atoms with E-state index in [9.17, 15) is 9.59 Å². The second kappa shape index (κ2) is 7.80. The Bertz CT molecular complexity index is 1210. The van der Waals surface area contributed by atoms with Crippen LogP contribution >= 0.6 is 0 Å². The van der Waals surface area contributed by atoms with Crippen LogP contribution in [0.2, 0.25) is 0 Å². The molecule has 0 radical (unpaired) electrons. The van der Waals surface area contributed by atoms with Gasteiger partial charge in [0.2, 0.25) is 0 Å². The smallest absolute Gasteiger partial charge is 0.290 e. The molecular formula is C24H22N2O3. The number of rotatable bonds is 5. The molecule has 2 aromatic carbocycles. The van der Waals surface area contributed by atoms with Crippen molar-refractivity contribution in [3.8, 4) is 0 Å². The molecule has 0 aliphatic rings. The molecule has 29 heavy (non-hydrogen) atoms. The first-order chi connectivity index (χ1) is 14.0. The number of pyridine rings is 1. The van der Waals surface area contributed by atoms with E-state index in [0.29, 0.717) is 12.1 Å². The van der Waals surface area contributed by atoms with Gasteiger partial charge in [0.25, 0.3) is 11.5 Å². The zero-order valence-corrected chi connectivity index (χ0v) is 16.4. The summed E-state index contributed by atoms with van der Waals surface area (Å²) in [5, 5.41) is 0.936. The van der Waals surface area contributed by atoms with Crippen LogP contribution < -0.4 is 5.56 Å². The van der Waals surface area contributed by atoms with Crippen molar-refractivity contribution in [3.63, 3.8) is 0 Å². The maximum Gasteiger partial charge on any atom is 0.290 e. The summed E-state index contributed by atoms with van der Waals surface area (Å²) in [6.45, 7) is 4.57. The largest absolute Gasteiger partial charge is 0.459 e. The van der Waals surface area contributed by atoms with Gasteiger partial charge in [-0.05, 0) is 54.6 Å². The van der Waals surface area contributed by atoms with Gasteiger partial charge in [-0.3, -0.25) is 9.59 Å². The molecule has 0 saturated heterocycles. The van der Waals surface area contributed by atoms with Crippen LogP contribution in [0.5, 0.6) is 0 Å². The molecule has 0 spiro atoms. The van der Waals surface area contributed by atoms with Crippen LogP contribution in [0.25, 0.3) is 10.9 Å². The fraction of sp³-hybridized carbons (Fsp3) is 0.167. The lowest BCUT2D eigenvalue weighted by atomic mass is 10.1. The number of aryl methyl sites for hydroxylation is 2. The predicted octanol–water partition coefficient (Wildman–Crippen LogP) is 4.58. The highest BCUT2D eigenvalue weighted by molar-refractivity contribution is 5.91. The number of carbonyl (C=O) groups is 1. The second-order valence-corrected chi connectivity index (χ2v) is 7.34. The Morgan fingerprint density at radius 2 is 1.72 bits per heavy atom. The van der Waals surface area contributed by atoms with E-state index in [1.54, 1.807) is 17.0 Å². The molecule has 2 heterocycles. The minimum absolute atomic E-state index is 0.187. The molecular weight excluding hydrogens is 364 g/mol. The van der Waals surface area contributed by atoms with Crippen molar-refractivity contribution >= 4 is 16.8 Å². The maximum atomic E-state index is 13.0. The number of fused-ring (bicyclic) bond motifs is 1. The lowest BCUT2D eigenvalue weighted by Crippen LogP contribution is -2.32. The van der Waals surface area contributed by atoms with Gasteiger partial charge in [0, 0.05) is 17.6 Å². The van der Waals surface area contributed by atoms with Gasteiger partial charge in [0.1, 0.15) is 0 Å². The Morgan fingerprint density at radius 1 is 0.966 bits per heavy atom. The average molecular weight is 386 g/mol. The van der Waals surface area contributed by atoms with Crippen LogP contribution in [0.4, 0.5) is 0 Å². The molecule has 1 amide bonds. The summed E-state index contributed by atoms with van der Waals surface area (Å²) < 4.78 is 5.31. The molecule has 4 rings (SSSR count). The summed E-state index contributed by atoms with van der Waals surface area (Å²) in [5.41, 5.74) is 4.36. The van der Waals surface area contributed by atoms with Gasteiger partial charge < -0.3 is 14.3 Å². The number of H-pyrrole nitrogens is 1. The Kier molecular flexibility index (Phi) is 5.04. The number of carbonyl (C=O) groups excluding carboxylic acids is 1. The number of benzene rings is 2. The highest BCUT2D eigenvalue weighted by atomic mass is 16.3. The minimum Gasteiger partial charge on any atom is -0.459 e. The molecule has 0 aliphatic carbocycles. The van der Waals surface area contributed by atoms with Gasteiger partial charge in [0.05, 0.1) is 12.8 Å². The van der Waals surface area contributed by atoms with Crippen LogP contribution in [0, 0.1) is 13.8 Å². The molecule has 4 aromatic rings. The standard InChI is InChI=1S/C24H22N2O3/c1-16-5-8-18(9-6-16)14-26(24(28)22-4-3-11-29-22)15-20-13-19-10-7-17(2)12-21(19)25-23(20)27/h3-13H,14-15H2,1-2H3,(H,25,27). The molecule has 0 saturated carbocycles. The molecule has 2 aromatic heterocycles. The van der Waals surface area contributed by atoms with E-state index < -0.39 is 0 Å². The van der Waals surface area contributed by atoms with E-state index in [4.69, 9.17) is 4.42 Å². The van der Waals surface area contributed by atoms with Crippen LogP contribution in [-0.2, 0) is 13.1 Å². The molecule has 5 nitrogen and oxygen atoms in total. The fourth-order valence-electron chi connectivity index (χ4n) is 3.35. The number of amides is 1. The normalized spacial score (nSPS) is 11.0. The topological polar surface area (TPSA) is 66.3 Å². The SMILES string of the molecule is Cc1ccc(CN(Cc2cc3ccc(C)cc3[nH]c2=O)C(=O)c2ccco2)cc1. The van der Waals surface area contributed by atoms with E-state index in [1.165, 1.54) is 6.26 Å². The third-order valence-corrected chi connectivity index (χ3v) is 4.95. The fourth-order valence-corrected chi connectivity index (χ4v) is 3.35. The molecule has 146 valence electrons. The number of aromatic amines is 1. The van der Waals surface area contributed by atoms with Gasteiger partial charge in [-0.2, -0.15) is 0 Å². The van der Waals surface area contributed by atoms with Crippen LogP contribution in [0.1, 0.15) is 32.8 Å². The summed E-state index contributed by atoms with van der Waals surface area (Å²) in [6, 6.07) is 19.1. The Morgan fingerprint density at radius 3 is 2.45 bits per heavy atom. The van der Waals surface area contributed by atoms with E-state index in [0.717, 1.165) is 27.6 Å². The van der Waals surface area contributed by atoms with Gasteiger partial charge in [0.15, 0.2) is 5.76 Å². The molecule has 0 bridgehead atoms. The average Bonchev–Trinajstić information content (AvgIpc) is 3.24. The minimum atomic E-state index is -0.251. The molecule has 0 aliphatic heterocycles. The summed E-state index contributed by atoms with van der Waals surface area (Å²) in [4.78, 5) is 30.3. The van der Waals surface area contributed by atoms with Crippen molar-refractivity contribution in [2.75, 3.05) is 0 Å². The highest BCUT2D eigenvalue weighted by Gasteiger charge is 2.20. The lowest BCUT2D eigenvalue weighted by molar-refractivity contribution is 0.0697. The van der Waals surface area contributed by atoms with Crippen molar-refractivity contribution in [1.29, 1.82) is 0 Å². The van der Waals surface area contributed by atoms with E-state index >= 15 is 0 Å². The van der Waals surface area contributed by atoms with Crippen LogP contribution in [-0.4, -0.2) is 15.8 Å². The van der Waals surface area contributed by atoms with Gasteiger partial charge >= 0.3 is 0 Å². The van der Waals surface area contributed by atoms with Gasteiger partial charge in [-0.25, -0.2) is 0 Å². The lowest BCUT2D eigenvalue weighted by Gasteiger charge is -2.22. The zero-order valence-electron chi connectivity index (χ0n) is 16.4. The van der Waals surface area contributed by atoms with Crippen molar-refractivity contribution in [2.24, 2.45) is 0 Å². The molecule has 0 atom stereocenters. The monoisotopic (exact) mass is 386 g/mol. The zero-order chi connectivity index (χ0) is 20.4. The number of hydrogen-bond donors (Lipinski definition) is 1. The number of nitrogens with one attached hydrogen (secondary N) is 1. The van der Waals surface area contributed by atoms with Crippen molar-refractivity contribution in [3.05, 3.63) is 105 Å². The summed E-state index contributed by atoms with van der Waals surface area (Å²) in [6.07, 6.45) is 1.47. The third kappa shape index (κ3) is 4.14. The van der Waals surface area contributed by atoms with E-state index in [2.05, 4.69) is 4.98 Å². The quantitative estimate of drug-likeness (QED) is 0.546. The second-order valence-electron chi connectivity index (χ2n) is 7.34. The van der Waals surface area contributed by atoms with E-state index in [1.807, 2.05) is 62.4 Å². The van der Waals surface area contributed by atoms with E-state index in [-0.39, 0.29) is 23.8 Å². The number of hydrogen-bond acceptors (Lipinski definition) is 3. The Hall–Kier alpha value is -3.60. The summed E-state index contributed by atoms with van der Waals surface area (Å²) in [5.74, 6) is 0.00364. The predicted molar refractivity (Wildman–Crippen MR) is 113 cm³/mol. The molecule has 0 fully saturated rings. The van der Waals surface area contributed by atoms with Crippen LogP contribution in [0.3, 0.4) is 0 Å². The molecule has 5 heteroatoms. The van der Waals surface area contributed by atoms with Gasteiger partial charge in [-0.1, -0.05) is 42.0 Å². The summed E-state index contributed by atoms with van der Waals surface area (Å²) >= 11 is 0. The molecule has 0 unspecified atom stereocenters. The first-order valence-corrected chi connectivity index (χ1v) is 9.50. The Balaban J connectivity index is 1.69.